The molecule has 0 saturated carbocycles. The number of aryl methyl sites for hydroxylation is 1. The lowest BCUT2D eigenvalue weighted by atomic mass is 10.00. The Labute approximate surface area is 245 Å². The molecule has 0 amide bonds. The van der Waals surface area contributed by atoms with E-state index in [0.29, 0.717) is 39.2 Å². The molecule has 0 radical (unpaired) electrons. The zero-order valence-corrected chi connectivity index (χ0v) is 24.4. The van der Waals surface area contributed by atoms with Crippen LogP contribution in [0.15, 0.2) is 54.7 Å². The molecule has 3 heterocycles. The number of hydrogen-bond acceptors (Lipinski definition) is 9. The van der Waals surface area contributed by atoms with Gasteiger partial charge in [-0.25, -0.2) is 24.4 Å². The predicted octanol–water partition coefficient (Wildman–Crippen LogP) is 6.62. The van der Waals surface area contributed by atoms with Crippen LogP contribution in [-0.4, -0.2) is 54.2 Å². The topological polar surface area (TPSA) is 118 Å². The fourth-order valence-corrected chi connectivity index (χ4v) is 4.79. The summed E-state index contributed by atoms with van der Waals surface area (Å²) in [6, 6.07) is 13.6. The number of hydrogen-bond donors (Lipinski definition) is 0. The van der Waals surface area contributed by atoms with Gasteiger partial charge in [0.1, 0.15) is 0 Å². The lowest BCUT2D eigenvalue weighted by molar-refractivity contribution is 0.0591. The van der Waals surface area contributed by atoms with Crippen molar-refractivity contribution in [3.05, 3.63) is 77.0 Å². The van der Waals surface area contributed by atoms with Crippen LogP contribution in [0.1, 0.15) is 82.1 Å². The predicted molar refractivity (Wildman–Crippen MR) is 159 cm³/mol. The largest absolute Gasteiger partial charge is 0.465 e. The summed E-state index contributed by atoms with van der Waals surface area (Å²) in [5.74, 6) is -1.62. The van der Waals surface area contributed by atoms with Crippen LogP contribution < -0.4 is 0 Å². The summed E-state index contributed by atoms with van der Waals surface area (Å²) in [5, 5.41) is 0.686. The van der Waals surface area contributed by atoms with Crippen LogP contribution in [-0.2, 0) is 20.6 Å². The number of carbonyl (C=O) groups excluding carboxylic acids is 3. The molecule has 0 aliphatic heterocycles. The van der Waals surface area contributed by atoms with E-state index < -0.39 is 17.9 Å². The molecule has 9 nitrogen and oxygen atoms in total. The van der Waals surface area contributed by atoms with E-state index in [1.165, 1.54) is 77.8 Å². The third kappa shape index (κ3) is 7.15. The maximum Gasteiger partial charge on any atom is 0.338 e. The monoisotopic (exact) mass is 569 g/mol. The molecule has 42 heavy (non-hydrogen) atoms. The quantitative estimate of drug-likeness (QED) is 0.105. The average molecular weight is 570 g/mol. The van der Waals surface area contributed by atoms with Gasteiger partial charge in [0.05, 0.1) is 66.3 Å². The Hall–Kier alpha value is -4.66. The van der Waals surface area contributed by atoms with Gasteiger partial charge in [0.15, 0.2) is 0 Å². The van der Waals surface area contributed by atoms with Crippen molar-refractivity contribution in [2.75, 3.05) is 21.3 Å². The minimum atomic E-state index is -0.586. The summed E-state index contributed by atoms with van der Waals surface area (Å²) in [6.45, 7) is 2.21. The number of rotatable bonds is 12. The SMILES string of the molecule is CCCCCCCCc1ccc2nc(-c3cc(C(=O)OC)cc(-c4cc(C(=O)OC)ccn4)n3)cc(C(=O)OC)c2c1. The highest BCUT2D eigenvalue weighted by Gasteiger charge is 2.19. The molecule has 4 aromatic rings. The molecule has 0 bridgehead atoms. The molecule has 218 valence electrons. The summed E-state index contributed by atoms with van der Waals surface area (Å²) in [4.78, 5) is 51.4. The number of pyridine rings is 3. The van der Waals surface area contributed by atoms with E-state index >= 15 is 0 Å². The summed E-state index contributed by atoms with van der Waals surface area (Å²) in [6.07, 6.45) is 9.58. The molecule has 0 N–H and O–H groups in total. The number of fused-ring (bicyclic) bond motifs is 1. The van der Waals surface area contributed by atoms with Gasteiger partial charge in [0, 0.05) is 11.6 Å². The number of unbranched alkanes of at least 4 members (excludes halogenated alkanes) is 5. The number of nitrogens with zero attached hydrogens (tertiary/aromatic N) is 3. The molecule has 3 aromatic heterocycles. The second-order valence-electron chi connectivity index (χ2n) is 9.96. The minimum Gasteiger partial charge on any atom is -0.465 e. The van der Waals surface area contributed by atoms with Crippen LogP contribution in [0, 0.1) is 0 Å². The van der Waals surface area contributed by atoms with Crippen LogP contribution in [0.5, 0.6) is 0 Å². The van der Waals surface area contributed by atoms with E-state index in [1.807, 2.05) is 18.2 Å². The van der Waals surface area contributed by atoms with Gasteiger partial charge in [0.25, 0.3) is 0 Å². The third-order valence-corrected chi connectivity index (χ3v) is 7.05. The third-order valence-electron chi connectivity index (χ3n) is 7.05. The molecule has 0 fully saturated rings. The molecule has 0 saturated heterocycles. The maximum atomic E-state index is 12.9. The van der Waals surface area contributed by atoms with E-state index in [1.54, 1.807) is 12.1 Å². The van der Waals surface area contributed by atoms with Gasteiger partial charge in [-0.3, -0.25) is 4.98 Å². The lowest BCUT2D eigenvalue weighted by Gasteiger charge is -2.12. The maximum absolute atomic E-state index is 12.9. The number of esters is 3. The second kappa shape index (κ2) is 14.3. The summed E-state index contributed by atoms with van der Waals surface area (Å²) >= 11 is 0. The van der Waals surface area contributed by atoms with Gasteiger partial charge >= 0.3 is 17.9 Å². The van der Waals surface area contributed by atoms with Gasteiger partial charge in [-0.1, -0.05) is 45.1 Å². The first-order valence-corrected chi connectivity index (χ1v) is 14.1. The zero-order chi connectivity index (χ0) is 30.1. The summed E-state index contributed by atoms with van der Waals surface area (Å²) in [5.41, 5.74) is 3.90. The Morgan fingerprint density at radius 1 is 0.643 bits per heavy atom. The van der Waals surface area contributed by atoms with E-state index in [-0.39, 0.29) is 11.1 Å². The smallest absolute Gasteiger partial charge is 0.338 e. The molecule has 9 heteroatoms. The van der Waals surface area contributed by atoms with E-state index in [9.17, 15) is 14.4 Å². The fourth-order valence-electron chi connectivity index (χ4n) is 4.79. The van der Waals surface area contributed by atoms with Gasteiger partial charge < -0.3 is 14.2 Å². The molecular weight excluding hydrogens is 534 g/mol. The van der Waals surface area contributed by atoms with Crippen LogP contribution in [0.2, 0.25) is 0 Å². The van der Waals surface area contributed by atoms with Crippen LogP contribution in [0.25, 0.3) is 33.7 Å². The van der Waals surface area contributed by atoms with Gasteiger partial charge in [-0.05, 0) is 60.9 Å². The molecule has 4 rings (SSSR count). The highest BCUT2D eigenvalue weighted by Crippen LogP contribution is 2.29. The highest BCUT2D eigenvalue weighted by atomic mass is 16.5. The standard InChI is InChI=1S/C33H35N3O6/c1-5-6-7-8-9-10-11-21-12-13-26-24(16-21)25(33(39)42-4)20-30(35-26)29-19-23(32(38)41-3)18-28(36-29)27-17-22(14-15-34-27)31(37)40-2/h12-20H,5-11H2,1-4H3. The first kappa shape index (κ1) is 30.3. The van der Waals surface area contributed by atoms with E-state index in [0.717, 1.165) is 18.4 Å². The Morgan fingerprint density at radius 3 is 1.98 bits per heavy atom. The van der Waals surface area contributed by atoms with Crippen LogP contribution in [0.3, 0.4) is 0 Å². The van der Waals surface area contributed by atoms with Gasteiger partial charge in [-0.15, -0.1) is 0 Å². The van der Waals surface area contributed by atoms with Gasteiger partial charge in [0.2, 0.25) is 0 Å². The number of ether oxygens (including phenoxy) is 3. The fraction of sp³-hybridized carbons (Fsp3) is 0.333. The Balaban J connectivity index is 1.77. The Morgan fingerprint density at radius 2 is 1.26 bits per heavy atom. The molecule has 1 aromatic carbocycles. The molecule has 0 unspecified atom stereocenters. The Kier molecular flexibility index (Phi) is 10.3. The normalized spacial score (nSPS) is 10.9. The number of carbonyl (C=O) groups is 3. The Bertz CT molecular complexity index is 1600. The molecule has 0 aliphatic carbocycles. The van der Waals surface area contributed by atoms with E-state index in [4.69, 9.17) is 24.2 Å². The van der Waals surface area contributed by atoms with Crippen molar-refractivity contribution in [3.8, 4) is 22.8 Å². The minimum absolute atomic E-state index is 0.207. The summed E-state index contributed by atoms with van der Waals surface area (Å²) < 4.78 is 14.9. The number of aromatic nitrogens is 3. The van der Waals surface area contributed by atoms with Crippen LogP contribution >= 0.6 is 0 Å². The van der Waals surface area contributed by atoms with Crippen molar-refractivity contribution < 1.29 is 28.6 Å². The first-order valence-electron chi connectivity index (χ1n) is 14.1. The van der Waals surface area contributed by atoms with Crippen molar-refractivity contribution >= 4 is 28.8 Å². The lowest BCUT2D eigenvalue weighted by Crippen LogP contribution is -2.07. The molecule has 0 aliphatic rings. The van der Waals surface area contributed by atoms with Crippen molar-refractivity contribution in [3.63, 3.8) is 0 Å². The van der Waals surface area contributed by atoms with Crippen molar-refractivity contribution in [2.24, 2.45) is 0 Å². The summed E-state index contributed by atoms with van der Waals surface area (Å²) in [7, 11) is 3.91. The number of benzene rings is 1. The average Bonchev–Trinajstić information content (AvgIpc) is 3.04. The highest BCUT2D eigenvalue weighted by molar-refractivity contribution is 6.05. The number of methoxy groups -OCH3 is 3. The van der Waals surface area contributed by atoms with Crippen LogP contribution in [0.4, 0.5) is 0 Å². The van der Waals surface area contributed by atoms with Crippen molar-refractivity contribution in [2.45, 2.75) is 51.9 Å². The van der Waals surface area contributed by atoms with Crippen molar-refractivity contribution in [1.82, 2.24) is 15.0 Å². The molecule has 0 atom stereocenters. The second-order valence-corrected chi connectivity index (χ2v) is 9.96. The molecule has 0 spiro atoms. The first-order chi connectivity index (χ1) is 20.4. The van der Waals surface area contributed by atoms with E-state index in [2.05, 4.69) is 11.9 Å². The van der Waals surface area contributed by atoms with Crippen molar-refractivity contribution in [1.29, 1.82) is 0 Å². The molecular formula is C33H35N3O6. The van der Waals surface area contributed by atoms with Gasteiger partial charge in [-0.2, -0.15) is 0 Å². The zero-order valence-electron chi connectivity index (χ0n) is 24.4.